The fraction of sp³-hybridized carbons (Fsp3) is 0. The number of rotatable bonds is 9. The molecule has 0 aliphatic rings. The zero-order valence-corrected chi connectivity index (χ0v) is 34.0. The molecule has 2 heteroatoms. The number of nitrogens with zero attached hydrogens (tertiary/aromatic N) is 1. The third-order valence-electron chi connectivity index (χ3n) is 11.9. The summed E-state index contributed by atoms with van der Waals surface area (Å²) in [5.74, 6) is 0. The minimum Gasteiger partial charge on any atom is -0.455 e. The van der Waals surface area contributed by atoms with E-state index in [1.807, 2.05) is 0 Å². The molecule has 0 amide bonds. The van der Waals surface area contributed by atoms with Crippen LogP contribution in [-0.2, 0) is 0 Å². The zero-order chi connectivity index (χ0) is 41.2. The van der Waals surface area contributed by atoms with Crippen LogP contribution < -0.4 is 4.90 Å². The molecule has 0 aliphatic heterocycles. The van der Waals surface area contributed by atoms with Crippen molar-refractivity contribution in [1.82, 2.24) is 0 Å². The van der Waals surface area contributed by atoms with E-state index in [0.717, 1.165) is 77.9 Å². The predicted octanol–water partition coefficient (Wildman–Crippen LogP) is 17.1. The number of furan rings is 1. The minimum absolute atomic E-state index is 0.887. The highest BCUT2D eigenvalue weighted by Crippen LogP contribution is 2.45. The first kappa shape index (κ1) is 36.8. The van der Waals surface area contributed by atoms with Crippen molar-refractivity contribution < 1.29 is 4.42 Å². The summed E-state index contributed by atoms with van der Waals surface area (Å²) in [6.07, 6.45) is 0. The number of hydrogen-bond acceptors (Lipinski definition) is 2. The maximum atomic E-state index is 7.02. The molecular formula is C60H41NO. The van der Waals surface area contributed by atoms with E-state index in [2.05, 4.69) is 254 Å². The minimum atomic E-state index is 0.887. The Morgan fingerprint density at radius 3 is 0.806 bits per heavy atom. The van der Waals surface area contributed by atoms with Crippen molar-refractivity contribution in [3.8, 4) is 66.8 Å². The van der Waals surface area contributed by atoms with Crippen LogP contribution in [0.4, 0.5) is 17.1 Å². The van der Waals surface area contributed by atoms with Gasteiger partial charge in [0.1, 0.15) is 11.2 Å². The molecule has 292 valence electrons. The molecule has 1 aromatic heterocycles. The summed E-state index contributed by atoms with van der Waals surface area (Å²) >= 11 is 0. The number of anilines is 3. The molecule has 0 bridgehead atoms. The van der Waals surface area contributed by atoms with Gasteiger partial charge in [-0.3, -0.25) is 0 Å². The Labute approximate surface area is 362 Å². The van der Waals surface area contributed by atoms with Crippen molar-refractivity contribution in [2.75, 3.05) is 4.90 Å². The lowest BCUT2D eigenvalue weighted by atomic mass is 9.93. The van der Waals surface area contributed by atoms with Crippen LogP contribution in [0.5, 0.6) is 0 Å². The van der Waals surface area contributed by atoms with Gasteiger partial charge in [0.2, 0.25) is 0 Å². The smallest absolute Gasteiger partial charge is 0.143 e. The Kier molecular flexibility index (Phi) is 9.57. The molecular weight excluding hydrogens is 751 g/mol. The molecule has 0 aliphatic carbocycles. The van der Waals surface area contributed by atoms with Gasteiger partial charge in [-0.25, -0.2) is 0 Å². The third-order valence-corrected chi connectivity index (χ3v) is 11.9. The Balaban J connectivity index is 1.05. The maximum absolute atomic E-state index is 7.02. The second-order valence-electron chi connectivity index (χ2n) is 15.7. The SMILES string of the molecule is c1ccc(-c2ccc(N(c3ccc(-c4ccccc4)cc3)c3ccc(-c4cc(-c5ccccc5)c5oc6c(-c7ccccc7)cc(-c7ccccc7)cc6c5c4)cc3)cc2)cc1. The quantitative estimate of drug-likeness (QED) is 0.145. The summed E-state index contributed by atoms with van der Waals surface area (Å²) in [6.45, 7) is 0. The first-order chi connectivity index (χ1) is 30.7. The van der Waals surface area contributed by atoms with E-state index in [0.29, 0.717) is 0 Å². The largest absolute Gasteiger partial charge is 0.455 e. The molecule has 0 radical (unpaired) electrons. The Morgan fingerprint density at radius 2 is 0.484 bits per heavy atom. The lowest BCUT2D eigenvalue weighted by Gasteiger charge is -2.26. The first-order valence-electron chi connectivity index (χ1n) is 21.2. The molecule has 0 N–H and O–H groups in total. The van der Waals surface area contributed by atoms with Gasteiger partial charge in [0, 0.05) is 39.0 Å². The normalized spacial score (nSPS) is 11.2. The summed E-state index contributed by atoms with van der Waals surface area (Å²) in [4.78, 5) is 2.34. The maximum Gasteiger partial charge on any atom is 0.143 e. The van der Waals surface area contributed by atoms with Crippen LogP contribution in [0.2, 0.25) is 0 Å². The predicted molar refractivity (Wildman–Crippen MR) is 261 cm³/mol. The summed E-state index contributed by atoms with van der Waals surface area (Å²) < 4.78 is 7.02. The molecule has 0 saturated heterocycles. The molecule has 10 aromatic carbocycles. The molecule has 0 atom stereocenters. The fourth-order valence-corrected chi connectivity index (χ4v) is 8.73. The second kappa shape index (κ2) is 16.1. The van der Waals surface area contributed by atoms with Crippen LogP contribution in [0.1, 0.15) is 0 Å². The van der Waals surface area contributed by atoms with Crippen molar-refractivity contribution in [2.24, 2.45) is 0 Å². The van der Waals surface area contributed by atoms with Gasteiger partial charge in [-0.1, -0.05) is 188 Å². The second-order valence-corrected chi connectivity index (χ2v) is 15.7. The summed E-state index contributed by atoms with van der Waals surface area (Å²) in [5.41, 5.74) is 18.8. The van der Waals surface area contributed by atoms with Crippen molar-refractivity contribution in [3.63, 3.8) is 0 Å². The van der Waals surface area contributed by atoms with E-state index in [1.165, 1.54) is 27.8 Å². The van der Waals surface area contributed by atoms with E-state index >= 15 is 0 Å². The van der Waals surface area contributed by atoms with Crippen molar-refractivity contribution in [3.05, 3.63) is 249 Å². The van der Waals surface area contributed by atoms with Crippen LogP contribution in [0.3, 0.4) is 0 Å². The van der Waals surface area contributed by atoms with E-state index in [9.17, 15) is 0 Å². The molecule has 62 heavy (non-hydrogen) atoms. The van der Waals surface area contributed by atoms with E-state index in [-0.39, 0.29) is 0 Å². The zero-order valence-electron chi connectivity index (χ0n) is 34.0. The van der Waals surface area contributed by atoms with Crippen LogP contribution in [-0.4, -0.2) is 0 Å². The van der Waals surface area contributed by atoms with Gasteiger partial charge in [-0.2, -0.15) is 0 Å². The van der Waals surface area contributed by atoms with Gasteiger partial charge in [0.25, 0.3) is 0 Å². The van der Waals surface area contributed by atoms with Crippen LogP contribution >= 0.6 is 0 Å². The van der Waals surface area contributed by atoms with Crippen LogP contribution in [0, 0.1) is 0 Å². The molecule has 11 rings (SSSR count). The van der Waals surface area contributed by atoms with Crippen molar-refractivity contribution in [2.45, 2.75) is 0 Å². The lowest BCUT2D eigenvalue weighted by molar-refractivity contribution is 0.671. The summed E-state index contributed by atoms with van der Waals surface area (Å²) in [5, 5.41) is 2.19. The van der Waals surface area contributed by atoms with E-state index < -0.39 is 0 Å². The van der Waals surface area contributed by atoms with Gasteiger partial charge in [0.15, 0.2) is 0 Å². The Morgan fingerprint density at radius 1 is 0.226 bits per heavy atom. The number of benzene rings is 10. The molecule has 1 heterocycles. The molecule has 2 nitrogen and oxygen atoms in total. The van der Waals surface area contributed by atoms with E-state index in [4.69, 9.17) is 4.42 Å². The van der Waals surface area contributed by atoms with Crippen molar-refractivity contribution in [1.29, 1.82) is 0 Å². The van der Waals surface area contributed by atoms with Gasteiger partial charge in [-0.15, -0.1) is 0 Å². The van der Waals surface area contributed by atoms with Gasteiger partial charge < -0.3 is 9.32 Å². The highest BCUT2D eigenvalue weighted by Gasteiger charge is 2.20. The highest BCUT2D eigenvalue weighted by molar-refractivity contribution is 6.15. The van der Waals surface area contributed by atoms with Gasteiger partial charge >= 0.3 is 0 Å². The highest BCUT2D eigenvalue weighted by atomic mass is 16.3. The first-order valence-corrected chi connectivity index (χ1v) is 21.2. The van der Waals surface area contributed by atoms with Crippen LogP contribution in [0.25, 0.3) is 88.7 Å². The molecule has 0 spiro atoms. The molecule has 11 aromatic rings. The monoisotopic (exact) mass is 791 g/mol. The average molecular weight is 792 g/mol. The Bertz CT molecular complexity index is 3190. The summed E-state index contributed by atoms with van der Waals surface area (Å²) in [6, 6.07) is 88.8. The molecule has 0 saturated carbocycles. The number of hydrogen-bond donors (Lipinski definition) is 0. The topological polar surface area (TPSA) is 16.4 Å². The van der Waals surface area contributed by atoms with E-state index in [1.54, 1.807) is 0 Å². The fourth-order valence-electron chi connectivity index (χ4n) is 8.73. The summed E-state index contributed by atoms with van der Waals surface area (Å²) in [7, 11) is 0. The standard InChI is InChI=1S/C60H41NO/c1-6-16-42(17-7-1)45-26-32-52(33-27-45)61(53-34-28-46(29-35-53)43-18-8-2-9-19-43)54-36-30-47(31-37-54)51-39-56(49-24-14-5-15-25-49)60-58(41-51)57-40-50(44-20-10-3-11-21-44)38-55(59(57)62-60)48-22-12-4-13-23-48/h1-41H. The number of fused-ring (bicyclic) bond motifs is 3. The van der Waals surface area contributed by atoms with Crippen molar-refractivity contribution >= 4 is 39.0 Å². The van der Waals surface area contributed by atoms with Gasteiger partial charge in [0.05, 0.1) is 0 Å². The van der Waals surface area contributed by atoms with Crippen LogP contribution in [0.15, 0.2) is 253 Å². The molecule has 0 unspecified atom stereocenters. The third kappa shape index (κ3) is 7.04. The lowest BCUT2D eigenvalue weighted by Crippen LogP contribution is -2.09. The average Bonchev–Trinajstić information content (AvgIpc) is 3.74. The Hall–Kier alpha value is -8.20. The molecule has 0 fully saturated rings. The van der Waals surface area contributed by atoms with Gasteiger partial charge in [-0.05, 0) is 116 Å².